The molecule has 1 aliphatic rings. The molecule has 0 unspecified atom stereocenters. The first kappa shape index (κ1) is 11.5. The molecule has 0 aromatic carbocycles. The standard InChI is InChI=1S/C11H14BrN3O/c12-9-4-8(5-14-6-9)11(16)15-10-2-1-3-13-7-10/h4-6,10,13H,1-3,7H2,(H,15,16)/t10-/m1/s1. The third kappa shape index (κ3) is 3.02. The summed E-state index contributed by atoms with van der Waals surface area (Å²) in [7, 11) is 0. The Hall–Kier alpha value is -0.940. The molecule has 1 aromatic heterocycles. The first-order valence-corrected chi connectivity index (χ1v) is 6.17. The molecule has 0 aliphatic carbocycles. The van der Waals surface area contributed by atoms with E-state index in [9.17, 15) is 4.79 Å². The highest BCUT2D eigenvalue weighted by atomic mass is 79.9. The van der Waals surface area contributed by atoms with Gasteiger partial charge in [0.05, 0.1) is 5.56 Å². The molecule has 2 rings (SSSR count). The number of amides is 1. The van der Waals surface area contributed by atoms with E-state index in [2.05, 4.69) is 31.5 Å². The van der Waals surface area contributed by atoms with Gasteiger partial charge in [-0.1, -0.05) is 0 Å². The monoisotopic (exact) mass is 283 g/mol. The zero-order valence-corrected chi connectivity index (χ0v) is 10.5. The summed E-state index contributed by atoms with van der Waals surface area (Å²) in [6.07, 6.45) is 5.40. The van der Waals surface area contributed by atoms with Crippen molar-refractivity contribution in [3.05, 3.63) is 28.5 Å². The Kier molecular flexibility index (Phi) is 3.90. The maximum atomic E-state index is 11.9. The molecule has 1 fully saturated rings. The van der Waals surface area contributed by atoms with Gasteiger partial charge in [-0.15, -0.1) is 0 Å². The minimum Gasteiger partial charge on any atom is -0.348 e. The minimum absolute atomic E-state index is 0.0532. The van der Waals surface area contributed by atoms with Crippen molar-refractivity contribution in [1.82, 2.24) is 15.6 Å². The Morgan fingerprint density at radius 2 is 2.44 bits per heavy atom. The van der Waals surface area contributed by atoms with Crippen LogP contribution < -0.4 is 10.6 Å². The van der Waals surface area contributed by atoms with Crippen LogP contribution in [0.25, 0.3) is 0 Å². The summed E-state index contributed by atoms with van der Waals surface area (Å²) in [4.78, 5) is 15.8. The fourth-order valence-electron chi connectivity index (χ4n) is 1.78. The summed E-state index contributed by atoms with van der Waals surface area (Å²) < 4.78 is 0.821. The van der Waals surface area contributed by atoms with Gasteiger partial charge in [0.15, 0.2) is 0 Å². The minimum atomic E-state index is -0.0532. The van der Waals surface area contributed by atoms with Gasteiger partial charge in [-0.25, -0.2) is 0 Å². The van der Waals surface area contributed by atoms with Gasteiger partial charge in [0.25, 0.3) is 5.91 Å². The van der Waals surface area contributed by atoms with Gasteiger partial charge in [0.2, 0.25) is 0 Å². The fraction of sp³-hybridized carbons (Fsp3) is 0.455. The number of nitrogens with one attached hydrogen (secondary N) is 2. The Bertz CT molecular complexity index is 377. The first-order valence-electron chi connectivity index (χ1n) is 5.38. The van der Waals surface area contributed by atoms with Gasteiger partial charge in [-0.05, 0) is 41.4 Å². The molecule has 2 N–H and O–H groups in total. The number of aromatic nitrogens is 1. The van der Waals surface area contributed by atoms with Crippen molar-refractivity contribution in [2.24, 2.45) is 0 Å². The SMILES string of the molecule is O=C(N[C@@H]1CCCNC1)c1cncc(Br)c1. The molecule has 1 aliphatic heterocycles. The second-order valence-corrected chi connectivity index (χ2v) is 4.82. The summed E-state index contributed by atoms with van der Waals surface area (Å²) in [5.74, 6) is -0.0532. The molecule has 0 spiro atoms. The van der Waals surface area contributed by atoms with Gasteiger partial charge in [-0.2, -0.15) is 0 Å². The highest BCUT2D eigenvalue weighted by Crippen LogP contribution is 2.10. The Morgan fingerprint density at radius 3 is 3.12 bits per heavy atom. The number of carbonyl (C=O) groups is 1. The van der Waals surface area contributed by atoms with Crippen molar-refractivity contribution in [2.45, 2.75) is 18.9 Å². The van der Waals surface area contributed by atoms with E-state index in [1.807, 2.05) is 0 Å². The van der Waals surface area contributed by atoms with E-state index < -0.39 is 0 Å². The van der Waals surface area contributed by atoms with Crippen molar-refractivity contribution in [3.63, 3.8) is 0 Å². The van der Waals surface area contributed by atoms with Crippen molar-refractivity contribution in [2.75, 3.05) is 13.1 Å². The third-order valence-electron chi connectivity index (χ3n) is 2.60. The number of hydrogen-bond donors (Lipinski definition) is 2. The third-order valence-corrected chi connectivity index (χ3v) is 3.03. The predicted octanol–water partition coefficient (Wildman–Crippen LogP) is 1.33. The van der Waals surface area contributed by atoms with E-state index in [4.69, 9.17) is 0 Å². The second kappa shape index (κ2) is 5.41. The predicted molar refractivity (Wildman–Crippen MR) is 65.3 cm³/mol. The normalized spacial score (nSPS) is 20.4. The van der Waals surface area contributed by atoms with Crippen LogP contribution in [0.5, 0.6) is 0 Å². The van der Waals surface area contributed by atoms with E-state index >= 15 is 0 Å². The Balaban J connectivity index is 1.97. The molecule has 1 amide bonds. The van der Waals surface area contributed by atoms with Crippen LogP contribution in [0.4, 0.5) is 0 Å². The maximum absolute atomic E-state index is 11.9. The van der Waals surface area contributed by atoms with Crippen LogP contribution >= 0.6 is 15.9 Å². The van der Waals surface area contributed by atoms with Crippen LogP contribution in [0, 0.1) is 0 Å². The average Bonchev–Trinajstić information content (AvgIpc) is 2.30. The average molecular weight is 284 g/mol. The molecular weight excluding hydrogens is 270 g/mol. The molecule has 16 heavy (non-hydrogen) atoms. The van der Waals surface area contributed by atoms with E-state index in [1.54, 1.807) is 18.5 Å². The molecule has 86 valence electrons. The van der Waals surface area contributed by atoms with Gasteiger partial charge < -0.3 is 10.6 Å². The Labute approximate surface area is 103 Å². The first-order chi connectivity index (χ1) is 7.75. The number of carbonyl (C=O) groups excluding carboxylic acids is 1. The number of nitrogens with zero attached hydrogens (tertiary/aromatic N) is 1. The molecule has 0 bridgehead atoms. The maximum Gasteiger partial charge on any atom is 0.253 e. The van der Waals surface area contributed by atoms with Crippen LogP contribution in [0.3, 0.4) is 0 Å². The zero-order valence-electron chi connectivity index (χ0n) is 8.87. The van der Waals surface area contributed by atoms with Gasteiger partial charge >= 0.3 is 0 Å². The summed E-state index contributed by atoms with van der Waals surface area (Å²) in [5.41, 5.74) is 0.597. The van der Waals surface area contributed by atoms with Gasteiger partial charge in [0, 0.05) is 29.5 Å². The lowest BCUT2D eigenvalue weighted by Gasteiger charge is -2.23. The van der Waals surface area contributed by atoms with Crippen LogP contribution in [0.15, 0.2) is 22.9 Å². The summed E-state index contributed by atoms with van der Waals surface area (Å²) >= 11 is 3.30. The summed E-state index contributed by atoms with van der Waals surface area (Å²) in [6.45, 7) is 1.90. The molecule has 1 aromatic rings. The summed E-state index contributed by atoms with van der Waals surface area (Å²) in [6, 6.07) is 2.01. The number of hydrogen-bond acceptors (Lipinski definition) is 3. The Morgan fingerprint density at radius 1 is 1.56 bits per heavy atom. The molecule has 0 saturated carbocycles. The summed E-state index contributed by atoms with van der Waals surface area (Å²) in [5, 5.41) is 6.26. The largest absolute Gasteiger partial charge is 0.348 e. The van der Waals surface area contributed by atoms with Crippen molar-refractivity contribution in [1.29, 1.82) is 0 Å². The molecule has 1 atom stereocenters. The van der Waals surface area contributed by atoms with Crippen LogP contribution in [0.1, 0.15) is 23.2 Å². The van der Waals surface area contributed by atoms with E-state index in [0.29, 0.717) is 5.56 Å². The van der Waals surface area contributed by atoms with Gasteiger partial charge in [0.1, 0.15) is 0 Å². The molecule has 5 heteroatoms. The van der Waals surface area contributed by atoms with E-state index in [1.165, 1.54) is 0 Å². The lowest BCUT2D eigenvalue weighted by atomic mass is 10.1. The highest BCUT2D eigenvalue weighted by molar-refractivity contribution is 9.10. The topological polar surface area (TPSA) is 54.0 Å². The zero-order chi connectivity index (χ0) is 11.4. The lowest BCUT2D eigenvalue weighted by molar-refractivity contribution is 0.0930. The highest BCUT2D eigenvalue weighted by Gasteiger charge is 2.16. The van der Waals surface area contributed by atoms with E-state index in [-0.39, 0.29) is 11.9 Å². The molecular formula is C11H14BrN3O. The van der Waals surface area contributed by atoms with Crippen LogP contribution in [-0.4, -0.2) is 30.0 Å². The van der Waals surface area contributed by atoms with Crippen molar-refractivity contribution in [3.8, 4) is 0 Å². The number of rotatable bonds is 2. The van der Waals surface area contributed by atoms with Crippen molar-refractivity contribution < 1.29 is 4.79 Å². The van der Waals surface area contributed by atoms with Crippen molar-refractivity contribution >= 4 is 21.8 Å². The fourth-order valence-corrected chi connectivity index (χ4v) is 2.14. The van der Waals surface area contributed by atoms with Gasteiger partial charge in [-0.3, -0.25) is 9.78 Å². The second-order valence-electron chi connectivity index (χ2n) is 3.91. The molecule has 1 saturated heterocycles. The van der Waals surface area contributed by atoms with Crippen LogP contribution in [0.2, 0.25) is 0 Å². The van der Waals surface area contributed by atoms with Crippen LogP contribution in [-0.2, 0) is 0 Å². The number of halogens is 1. The number of piperidine rings is 1. The smallest absolute Gasteiger partial charge is 0.253 e. The molecule has 4 nitrogen and oxygen atoms in total. The molecule has 2 heterocycles. The molecule has 0 radical (unpaired) electrons. The lowest BCUT2D eigenvalue weighted by Crippen LogP contribution is -2.45. The van der Waals surface area contributed by atoms with E-state index in [0.717, 1.165) is 30.4 Å². The number of pyridine rings is 1. The quantitative estimate of drug-likeness (QED) is 0.861.